The SMILES string of the molecule is O=C(COC(=O)c1ccccc1CSc1nc2ccccc2o1)Nc1cc([N+](=O)[O-])ccc1Cl. The van der Waals surface area contributed by atoms with Gasteiger partial charge in [0.05, 0.1) is 21.2 Å². The molecule has 4 rings (SSSR count). The summed E-state index contributed by atoms with van der Waals surface area (Å²) in [6.45, 7) is -0.593. The van der Waals surface area contributed by atoms with E-state index < -0.39 is 23.4 Å². The number of esters is 1. The fourth-order valence-corrected chi connectivity index (χ4v) is 4.02. The van der Waals surface area contributed by atoms with Gasteiger partial charge in [-0.15, -0.1) is 0 Å². The maximum absolute atomic E-state index is 12.6. The van der Waals surface area contributed by atoms with Crippen molar-refractivity contribution in [3.8, 4) is 0 Å². The van der Waals surface area contributed by atoms with Gasteiger partial charge in [-0.05, 0) is 29.8 Å². The first-order valence-electron chi connectivity index (χ1n) is 9.88. The van der Waals surface area contributed by atoms with E-state index in [1.54, 1.807) is 24.3 Å². The van der Waals surface area contributed by atoms with Crippen molar-refractivity contribution in [1.82, 2.24) is 4.98 Å². The van der Waals surface area contributed by atoms with Crippen LogP contribution in [0, 0.1) is 10.1 Å². The topological polar surface area (TPSA) is 125 Å². The van der Waals surface area contributed by atoms with Crippen molar-refractivity contribution in [2.24, 2.45) is 0 Å². The molecule has 34 heavy (non-hydrogen) atoms. The summed E-state index contributed by atoms with van der Waals surface area (Å²) in [6, 6.07) is 17.9. The van der Waals surface area contributed by atoms with Gasteiger partial charge in [-0.3, -0.25) is 14.9 Å². The molecule has 9 nitrogen and oxygen atoms in total. The van der Waals surface area contributed by atoms with Crippen molar-refractivity contribution in [1.29, 1.82) is 0 Å². The van der Waals surface area contributed by atoms with Gasteiger partial charge < -0.3 is 14.5 Å². The Morgan fingerprint density at radius 3 is 2.68 bits per heavy atom. The minimum Gasteiger partial charge on any atom is -0.452 e. The van der Waals surface area contributed by atoms with Gasteiger partial charge in [-0.25, -0.2) is 9.78 Å². The van der Waals surface area contributed by atoms with Crippen LogP contribution < -0.4 is 5.32 Å². The van der Waals surface area contributed by atoms with Gasteiger partial charge in [0.1, 0.15) is 5.52 Å². The summed E-state index contributed by atoms with van der Waals surface area (Å²) < 4.78 is 10.8. The number of thioether (sulfide) groups is 1. The lowest BCUT2D eigenvalue weighted by Crippen LogP contribution is -2.21. The van der Waals surface area contributed by atoms with Gasteiger partial charge >= 0.3 is 5.97 Å². The van der Waals surface area contributed by atoms with Crippen LogP contribution >= 0.6 is 23.4 Å². The number of rotatable bonds is 8. The number of aromatic nitrogens is 1. The number of halogens is 1. The number of oxazole rings is 1. The van der Waals surface area contributed by atoms with Gasteiger partial charge in [-0.1, -0.05) is 53.7 Å². The molecule has 0 spiro atoms. The van der Waals surface area contributed by atoms with E-state index in [1.807, 2.05) is 24.3 Å². The maximum Gasteiger partial charge on any atom is 0.338 e. The van der Waals surface area contributed by atoms with E-state index in [2.05, 4.69) is 10.3 Å². The molecular weight excluding hydrogens is 482 g/mol. The highest BCUT2D eigenvalue weighted by atomic mass is 35.5. The summed E-state index contributed by atoms with van der Waals surface area (Å²) >= 11 is 7.30. The summed E-state index contributed by atoms with van der Waals surface area (Å²) in [5, 5.41) is 13.9. The van der Waals surface area contributed by atoms with Crippen LogP contribution in [0.4, 0.5) is 11.4 Å². The third-order valence-corrected chi connectivity index (χ3v) is 5.84. The number of hydrogen-bond donors (Lipinski definition) is 1. The molecule has 0 unspecified atom stereocenters. The van der Waals surface area contributed by atoms with Crippen LogP contribution in [0.3, 0.4) is 0 Å². The number of carbonyl (C=O) groups is 2. The summed E-state index contributed by atoms with van der Waals surface area (Å²) in [7, 11) is 0. The lowest BCUT2D eigenvalue weighted by Gasteiger charge is -2.10. The summed E-state index contributed by atoms with van der Waals surface area (Å²) in [5.41, 5.74) is 2.21. The summed E-state index contributed by atoms with van der Waals surface area (Å²) in [6.07, 6.45) is 0. The second-order valence-corrected chi connectivity index (χ2v) is 8.27. The molecule has 0 aliphatic carbocycles. The van der Waals surface area contributed by atoms with Crippen LogP contribution in [0.1, 0.15) is 15.9 Å². The number of nitrogens with one attached hydrogen (secondary N) is 1. The number of anilines is 1. The zero-order valence-corrected chi connectivity index (χ0v) is 19.0. The van der Waals surface area contributed by atoms with Crippen LogP contribution in [0.15, 0.2) is 76.4 Å². The molecule has 0 saturated carbocycles. The Labute approximate surface area is 202 Å². The Morgan fingerprint density at radius 2 is 1.88 bits per heavy atom. The average Bonchev–Trinajstić information content (AvgIpc) is 3.26. The Hall–Kier alpha value is -3.89. The molecule has 4 aromatic rings. The monoisotopic (exact) mass is 497 g/mol. The van der Waals surface area contributed by atoms with E-state index >= 15 is 0 Å². The zero-order chi connectivity index (χ0) is 24.1. The van der Waals surface area contributed by atoms with Crippen LogP contribution in [-0.4, -0.2) is 28.4 Å². The number of benzene rings is 3. The first-order chi connectivity index (χ1) is 16.4. The molecule has 0 fully saturated rings. The van der Waals surface area contributed by atoms with Crippen molar-refractivity contribution < 1.29 is 23.7 Å². The smallest absolute Gasteiger partial charge is 0.338 e. The standard InChI is InChI=1S/C23H16ClN3O6S/c24-17-10-9-15(27(30)31)11-19(17)25-21(28)12-32-22(29)16-6-2-1-5-14(16)13-34-23-26-18-7-3-4-8-20(18)33-23/h1-11H,12-13H2,(H,25,28). The van der Waals surface area contributed by atoms with Crippen LogP contribution in [0.2, 0.25) is 5.02 Å². The second kappa shape index (κ2) is 10.4. The number of nitro benzene ring substituents is 1. The number of hydrogen-bond acceptors (Lipinski definition) is 8. The fourth-order valence-electron chi connectivity index (χ4n) is 3.02. The zero-order valence-electron chi connectivity index (χ0n) is 17.4. The van der Waals surface area contributed by atoms with Crippen LogP contribution in [0.25, 0.3) is 11.1 Å². The highest BCUT2D eigenvalue weighted by molar-refractivity contribution is 7.98. The molecule has 1 N–H and O–H groups in total. The second-order valence-electron chi connectivity index (χ2n) is 6.94. The number of ether oxygens (including phenoxy) is 1. The normalized spacial score (nSPS) is 10.7. The molecule has 0 radical (unpaired) electrons. The molecular formula is C23H16ClN3O6S. The molecule has 0 bridgehead atoms. The number of nitrogens with zero attached hydrogens (tertiary/aromatic N) is 2. The fraction of sp³-hybridized carbons (Fsp3) is 0.0870. The molecule has 1 amide bonds. The van der Waals surface area contributed by atoms with Crippen LogP contribution in [0.5, 0.6) is 0 Å². The largest absolute Gasteiger partial charge is 0.452 e. The molecule has 1 aromatic heterocycles. The Morgan fingerprint density at radius 1 is 1.12 bits per heavy atom. The van der Waals surface area contributed by atoms with Crippen molar-refractivity contribution >= 4 is 57.7 Å². The van der Waals surface area contributed by atoms with E-state index in [1.165, 1.54) is 23.9 Å². The van der Waals surface area contributed by atoms with E-state index in [4.69, 9.17) is 20.8 Å². The Kier molecular flexibility index (Phi) is 7.09. The molecule has 1 heterocycles. The third kappa shape index (κ3) is 5.53. The molecule has 3 aromatic carbocycles. The molecule has 0 atom stereocenters. The summed E-state index contributed by atoms with van der Waals surface area (Å²) in [4.78, 5) is 39.5. The molecule has 11 heteroatoms. The van der Waals surface area contributed by atoms with Gasteiger partial charge in [0.2, 0.25) is 0 Å². The first-order valence-corrected chi connectivity index (χ1v) is 11.2. The highest BCUT2D eigenvalue weighted by Gasteiger charge is 2.17. The van der Waals surface area contributed by atoms with Crippen molar-refractivity contribution in [2.75, 3.05) is 11.9 Å². The van der Waals surface area contributed by atoms with Gasteiger partial charge in [-0.2, -0.15) is 0 Å². The summed E-state index contributed by atoms with van der Waals surface area (Å²) in [5.74, 6) is -0.976. The highest BCUT2D eigenvalue weighted by Crippen LogP contribution is 2.28. The van der Waals surface area contributed by atoms with E-state index in [-0.39, 0.29) is 16.4 Å². The van der Waals surface area contributed by atoms with Crippen molar-refractivity contribution in [2.45, 2.75) is 11.0 Å². The lowest BCUT2D eigenvalue weighted by atomic mass is 10.1. The Balaban J connectivity index is 1.37. The number of fused-ring (bicyclic) bond motifs is 1. The minimum absolute atomic E-state index is 0.0482. The maximum atomic E-state index is 12.6. The van der Waals surface area contributed by atoms with E-state index in [9.17, 15) is 19.7 Å². The van der Waals surface area contributed by atoms with Gasteiger partial charge in [0.25, 0.3) is 16.8 Å². The number of amides is 1. The number of nitro groups is 1. The predicted molar refractivity (Wildman–Crippen MR) is 127 cm³/mol. The van der Waals surface area contributed by atoms with Gasteiger partial charge in [0, 0.05) is 17.9 Å². The van der Waals surface area contributed by atoms with E-state index in [0.29, 0.717) is 27.7 Å². The molecule has 0 aliphatic rings. The quantitative estimate of drug-likeness (QED) is 0.147. The minimum atomic E-state index is -0.686. The number of carbonyl (C=O) groups excluding carboxylic acids is 2. The Bertz CT molecular complexity index is 1360. The van der Waals surface area contributed by atoms with Gasteiger partial charge in [0.15, 0.2) is 12.2 Å². The third-order valence-electron chi connectivity index (χ3n) is 4.63. The number of para-hydroxylation sites is 2. The number of non-ortho nitro benzene ring substituents is 1. The first kappa shape index (κ1) is 23.3. The van der Waals surface area contributed by atoms with Crippen molar-refractivity contribution in [3.63, 3.8) is 0 Å². The van der Waals surface area contributed by atoms with Crippen molar-refractivity contribution in [3.05, 3.63) is 93.0 Å². The average molecular weight is 498 g/mol. The molecule has 172 valence electrons. The molecule has 0 saturated heterocycles. The van der Waals surface area contributed by atoms with E-state index in [0.717, 1.165) is 11.6 Å². The molecule has 0 aliphatic heterocycles. The predicted octanol–water partition coefficient (Wildman–Crippen LogP) is 5.48. The lowest BCUT2D eigenvalue weighted by molar-refractivity contribution is -0.384. The van der Waals surface area contributed by atoms with Crippen LogP contribution in [-0.2, 0) is 15.3 Å².